The maximum atomic E-state index is 12.0. The molecule has 5 N–H and O–H groups in total. The van der Waals surface area contributed by atoms with Gasteiger partial charge >= 0.3 is 0 Å². The van der Waals surface area contributed by atoms with Gasteiger partial charge in [-0.25, -0.2) is 0 Å². The summed E-state index contributed by atoms with van der Waals surface area (Å²) in [5.74, 6) is -0.900. The molecule has 116 valence electrons. The number of hydrogen-bond donors (Lipinski definition) is 3. The minimum atomic E-state index is -0.617. The summed E-state index contributed by atoms with van der Waals surface area (Å²) in [4.78, 5) is 26.1. The van der Waals surface area contributed by atoms with Crippen molar-refractivity contribution in [2.24, 2.45) is 5.73 Å². The predicted octanol–water partition coefficient (Wildman–Crippen LogP) is 0.404. The smallest absolute Gasteiger partial charge is 0.263 e. The van der Waals surface area contributed by atoms with Crippen LogP contribution in [0, 0.1) is 0 Å². The topological polar surface area (TPSA) is 111 Å². The molecule has 1 atom stereocenters. The second-order valence-electron chi connectivity index (χ2n) is 4.88. The molecule has 1 saturated heterocycles. The molecule has 1 aliphatic heterocycles. The zero-order valence-electron chi connectivity index (χ0n) is 12.1. The molecule has 2 amide bonds. The number of hydrogen-bond acceptors (Lipinski definition) is 6. The number of amides is 2. The van der Waals surface area contributed by atoms with Crippen molar-refractivity contribution in [3.63, 3.8) is 0 Å². The lowest BCUT2D eigenvalue weighted by Crippen LogP contribution is -2.41. The predicted molar refractivity (Wildman–Crippen MR) is 82.9 cm³/mol. The van der Waals surface area contributed by atoms with Gasteiger partial charge in [0.1, 0.15) is 9.88 Å². The van der Waals surface area contributed by atoms with Gasteiger partial charge in [0.25, 0.3) is 11.8 Å². The van der Waals surface area contributed by atoms with Crippen LogP contribution in [0.15, 0.2) is 0 Å². The van der Waals surface area contributed by atoms with E-state index in [-0.39, 0.29) is 23.3 Å². The van der Waals surface area contributed by atoms with Crippen LogP contribution < -0.4 is 21.7 Å². The van der Waals surface area contributed by atoms with Crippen LogP contribution in [0.5, 0.6) is 0 Å². The zero-order valence-corrected chi connectivity index (χ0v) is 13.0. The monoisotopic (exact) mass is 312 g/mol. The van der Waals surface area contributed by atoms with Crippen molar-refractivity contribution in [2.75, 3.05) is 36.9 Å². The van der Waals surface area contributed by atoms with Gasteiger partial charge in [0, 0.05) is 19.6 Å². The molecule has 1 unspecified atom stereocenters. The number of carbonyl (C=O) groups excluding carboxylic acids is 2. The molecule has 1 aromatic heterocycles. The first-order valence-electron chi connectivity index (χ1n) is 6.82. The third-order valence-corrected chi connectivity index (χ3v) is 4.51. The van der Waals surface area contributed by atoms with E-state index in [1.54, 1.807) is 0 Å². The molecule has 1 fully saturated rings. The summed E-state index contributed by atoms with van der Waals surface area (Å²) < 4.78 is 5.49. The van der Waals surface area contributed by atoms with Crippen LogP contribution in [0.25, 0.3) is 0 Å². The number of carbonyl (C=O) groups is 2. The molecule has 21 heavy (non-hydrogen) atoms. The van der Waals surface area contributed by atoms with Crippen molar-refractivity contribution >= 4 is 33.8 Å². The van der Waals surface area contributed by atoms with Gasteiger partial charge in [-0.3, -0.25) is 9.59 Å². The lowest BCUT2D eigenvalue weighted by molar-refractivity contribution is 0.0533. The zero-order chi connectivity index (χ0) is 15.6. The Kier molecular flexibility index (Phi) is 4.69. The number of nitrogens with two attached hydrogens (primary N) is 2. The Balaban J connectivity index is 2.42. The van der Waals surface area contributed by atoms with Gasteiger partial charge in [0.15, 0.2) is 0 Å². The van der Waals surface area contributed by atoms with Gasteiger partial charge in [0.2, 0.25) is 0 Å². The quantitative estimate of drug-likeness (QED) is 0.745. The number of anilines is 2. The third kappa shape index (κ3) is 3.11. The standard InChI is InChI=1S/C13H20N4O3S/c1-3-16-12(19)10-9(14)8(11(15)18)13(21-10)17-4-5-20-7(2)6-17/h7H,3-6,14H2,1-2H3,(H2,15,18)(H,16,19). The Bertz CT molecular complexity index is 558. The highest BCUT2D eigenvalue weighted by Gasteiger charge is 2.29. The summed E-state index contributed by atoms with van der Waals surface area (Å²) in [5.41, 5.74) is 11.8. The summed E-state index contributed by atoms with van der Waals surface area (Å²) >= 11 is 1.20. The molecule has 1 aliphatic rings. The first-order chi connectivity index (χ1) is 9.95. The van der Waals surface area contributed by atoms with E-state index in [0.717, 1.165) is 0 Å². The maximum absolute atomic E-state index is 12.0. The van der Waals surface area contributed by atoms with Crippen molar-refractivity contribution in [2.45, 2.75) is 20.0 Å². The molecule has 2 heterocycles. The number of primary amides is 1. The molecule has 0 bridgehead atoms. The maximum Gasteiger partial charge on any atom is 0.263 e. The van der Waals surface area contributed by atoms with Crippen LogP contribution in [0.4, 0.5) is 10.7 Å². The number of nitrogens with zero attached hydrogens (tertiary/aromatic N) is 1. The highest BCUT2D eigenvalue weighted by Crippen LogP contribution is 2.38. The van der Waals surface area contributed by atoms with Gasteiger partial charge in [0.05, 0.1) is 24.0 Å². The number of morpholine rings is 1. The second-order valence-corrected chi connectivity index (χ2v) is 5.88. The van der Waals surface area contributed by atoms with E-state index in [2.05, 4.69) is 5.32 Å². The molecule has 0 radical (unpaired) electrons. The highest BCUT2D eigenvalue weighted by atomic mass is 32.1. The molecular formula is C13H20N4O3S. The molecule has 0 saturated carbocycles. The molecular weight excluding hydrogens is 292 g/mol. The lowest BCUT2D eigenvalue weighted by atomic mass is 10.2. The first-order valence-corrected chi connectivity index (χ1v) is 7.64. The number of rotatable bonds is 4. The molecule has 2 rings (SSSR count). The molecule has 7 nitrogen and oxygen atoms in total. The lowest BCUT2D eigenvalue weighted by Gasteiger charge is -2.32. The fourth-order valence-corrected chi connectivity index (χ4v) is 3.48. The van der Waals surface area contributed by atoms with Crippen molar-refractivity contribution in [3.05, 3.63) is 10.4 Å². The molecule has 0 aliphatic carbocycles. The van der Waals surface area contributed by atoms with E-state index in [1.807, 2.05) is 18.7 Å². The Morgan fingerprint density at radius 2 is 2.24 bits per heavy atom. The summed E-state index contributed by atoms with van der Waals surface area (Å²) in [5, 5.41) is 3.34. The van der Waals surface area contributed by atoms with Crippen LogP contribution in [0.3, 0.4) is 0 Å². The largest absolute Gasteiger partial charge is 0.397 e. The molecule has 8 heteroatoms. The number of thiophene rings is 1. The van der Waals surface area contributed by atoms with Crippen LogP contribution in [0.2, 0.25) is 0 Å². The van der Waals surface area contributed by atoms with Crippen molar-refractivity contribution in [3.8, 4) is 0 Å². The number of ether oxygens (including phenoxy) is 1. The van der Waals surface area contributed by atoms with Crippen molar-refractivity contribution in [1.82, 2.24) is 5.32 Å². The van der Waals surface area contributed by atoms with Gasteiger partial charge in [-0.2, -0.15) is 0 Å². The summed E-state index contributed by atoms with van der Waals surface area (Å²) in [6, 6.07) is 0. The van der Waals surface area contributed by atoms with Crippen LogP contribution >= 0.6 is 11.3 Å². The summed E-state index contributed by atoms with van der Waals surface area (Å²) in [6.07, 6.45) is 0.0516. The highest BCUT2D eigenvalue weighted by molar-refractivity contribution is 7.19. The van der Waals surface area contributed by atoms with Crippen molar-refractivity contribution < 1.29 is 14.3 Å². The minimum absolute atomic E-state index is 0.0516. The fraction of sp³-hybridized carbons (Fsp3) is 0.538. The molecule has 0 aromatic carbocycles. The van der Waals surface area contributed by atoms with E-state index >= 15 is 0 Å². The van der Waals surface area contributed by atoms with Crippen molar-refractivity contribution in [1.29, 1.82) is 0 Å². The average molecular weight is 312 g/mol. The Labute approximate surface area is 127 Å². The normalized spacial score (nSPS) is 18.6. The van der Waals surface area contributed by atoms with E-state index < -0.39 is 5.91 Å². The van der Waals surface area contributed by atoms with E-state index in [9.17, 15) is 9.59 Å². The van der Waals surface area contributed by atoms with Gasteiger partial charge in [-0.15, -0.1) is 11.3 Å². The van der Waals surface area contributed by atoms with E-state index in [0.29, 0.717) is 36.1 Å². The first kappa shape index (κ1) is 15.6. The Hall–Kier alpha value is -1.80. The van der Waals surface area contributed by atoms with Gasteiger partial charge < -0.3 is 26.4 Å². The van der Waals surface area contributed by atoms with Gasteiger partial charge in [-0.1, -0.05) is 0 Å². The Morgan fingerprint density at radius 3 is 2.81 bits per heavy atom. The van der Waals surface area contributed by atoms with Crippen LogP contribution in [-0.2, 0) is 4.74 Å². The van der Waals surface area contributed by atoms with E-state index in [4.69, 9.17) is 16.2 Å². The van der Waals surface area contributed by atoms with E-state index in [1.165, 1.54) is 11.3 Å². The Morgan fingerprint density at radius 1 is 1.52 bits per heavy atom. The third-order valence-electron chi connectivity index (χ3n) is 3.24. The molecule has 1 aromatic rings. The van der Waals surface area contributed by atoms with Crippen LogP contribution in [-0.4, -0.2) is 44.2 Å². The minimum Gasteiger partial charge on any atom is -0.397 e. The average Bonchev–Trinajstić information content (AvgIpc) is 2.77. The number of nitrogen functional groups attached to an aromatic ring is 1. The van der Waals surface area contributed by atoms with Crippen LogP contribution in [0.1, 0.15) is 33.9 Å². The SMILES string of the molecule is CCNC(=O)c1sc(N2CCOC(C)C2)c(C(N)=O)c1N. The molecule has 0 spiro atoms. The summed E-state index contributed by atoms with van der Waals surface area (Å²) in [7, 11) is 0. The summed E-state index contributed by atoms with van der Waals surface area (Å²) in [6.45, 7) is 6.10. The van der Waals surface area contributed by atoms with Gasteiger partial charge in [-0.05, 0) is 13.8 Å². The second kappa shape index (κ2) is 6.31. The fourth-order valence-electron chi connectivity index (χ4n) is 2.30. The number of nitrogens with one attached hydrogen (secondary N) is 1.